The molecule has 0 atom stereocenters. The summed E-state index contributed by atoms with van der Waals surface area (Å²) in [4.78, 5) is 35.0. The van der Waals surface area contributed by atoms with E-state index in [0.29, 0.717) is 18.6 Å². The average Bonchev–Trinajstić information content (AvgIpc) is 2.97. The summed E-state index contributed by atoms with van der Waals surface area (Å²) in [5.74, 6) is 2.14. The molecule has 3 fully saturated rings. The van der Waals surface area contributed by atoms with Gasteiger partial charge in [0.2, 0.25) is 0 Å². The molecular formula is C34H51FO6. The van der Waals surface area contributed by atoms with E-state index >= 15 is 0 Å². The van der Waals surface area contributed by atoms with Gasteiger partial charge in [-0.05, 0) is 112 Å². The van der Waals surface area contributed by atoms with Crippen molar-refractivity contribution in [1.29, 1.82) is 0 Å². The largest absolute Gasteiger partial charge is 0.462 e. The van der Waals surface area contributed by atoms with Gasteiger partial charge in [-0.2, -0.15) is 0 Å². The Morgan fingerprint density at radius 1 is 0.878 bits per heavy atom. The van der Waals surface area contributed by atoms with Gasteiger partial charge in [0.1, 0.15) is 18.5 Å². The number of hydrogen-bond acceptors (Lipinski definition) is 6. The van der Waals surface area contributed by atoms with E-state index < -0.39 is 11.8 Å². The third-order valence-electron chi connectivity index (χ3n) is 9.67. The highest BCUT2D eigenvalue weighted by molar-refractivity contribution is 5.89. The zero-order valence-electron chi connectivity index (χ0n) is 25.3. The van der Waals surface area contributed by atoms with E-state index in [1.807, 2.05) is 6.92 Å². The number of ether oxygens (including phenoxy) is 2. The molecule has 3 saturated carbocycles. The van der Waals surface area contributed by atoms with Crippen LogP contribution in [0.3, 0.4) is 0 Å². The van der Waals surface area contributed by atoms with E-state index in [0.717, 1.165) is 68.6 Å². The molecule has 41 heavy (non-hydrogen) atoms. The molecule has 0 N–H and O–H groups in total. The van der Waals surface area contributed by atoms with Crippen molar-refractivity contribution in [3.63, 3.8) is 0 Å². The highest BCUT2D eigenvalue weighted by Crippen LogP contribution is 2.42. The second kappa shape index (κ2) is 16.6. The Bertz CT molecular complexity index is 943. The molecule has 0 aliphatic heterocycles. The maximum Gasteiger partial charge on any atom is 0.341 e. The lowest BCUT2D eigenvalue weighted by molar-refractivity contribution is -0.338. The highest BCUT2D eigenvalue weighted by Gasteiger charge is 2.30. The van der Waals surface area contributed by atoms with E-state index in [9.17, 15) is 14.0 Å². The molecule has 4 rings (SSSR count). The van der Waals surface area contributed by atoms with E-state index in [-0.39, 0.29) is 30.3 Å². The first-order chi connectivity index (χ1) is 19.9. The Hall–Kier alpha value is -1.99. The fourth-order valence-electron chi connectivity index (χ4n) is 7.03. The molecule has 6 nitrogen and oxygen atoms in total. The summed E-state index contributed by atoms with van der Waals surface area (Å²) in [5, 5.41) is 0. The third-order valence-corrected chi connectivity index (χ3v) is 9.67. The number of halogens is 1. The molecule has 1 aromatic rings. The lowest BCUT2D eigenvalue weighted by Crippen LogP contribution is -2.28. The van der Waals surface area contributed by atoms with Crippen molar-refractivity contribution in [1.82, 2.24) is 0 Å². The van der Waals surface area contributed by atoms with E-state index in [1.165, 1.54) is 63.5 Å². The van der Waals surface area contributed by atoms with E-state index in [1.54, 1.807) is 6.07 Å². The zero-order chi connectivity index (χ0) is 29.0. The van der Waals surface area contributed by atoms with Crippen LogP contribution in [0.15, 0.2) is 18.2 Å². The Morgan fingerprint density at radius 3 is 2.20 bits per heavy atom. The smallest absolute Gasteiger partial charge is 0.341 e. The van der Waals surface area contributed by atoms with Gasteiger partial charge in [0.15, 0.2) is 0 Å². The average molecular weight is 575 g/mol. The van der Waals surface area contributed by atoms with Gasteiger partial charge in [-0.3, -0.25) is 4.79 Å². The van der Waals surface area contributed by atoms with Crippen molar-refractivity contribution in [3.05, 3.63) is 35.1 Å². The van der Waals surface area contributed by atoms with Crippen molar-refractivity contribution in [2.45, 2.75) is 135 Å². The maximum absolute atomic E-state index is 14.7. The lowest BCUT2D eigenvalue weighted by atomic mass is 9.69. The van der Waals surface area contributed by atoms with Crippen LogP contribution in [0, 0.1) is 29.5 Å². The molecule has 0 bridgehead atoms. The fourth-order valence-corrected chi connectivity index (χ4v) is 7.03. The molecule has 0 aromatic heterocycles. The first-order valence-electron chi connectivity index (χ1n) is 16.3. The number of hydrogen-bond donors (Lipinski definition) is 0. The number of rotatable bonds is 13. The van der Waals surface area contributed by atoms with Crippen molar-refractivity contribution in [2.75, 3.05) is 6.61 Å². The van der Waals surface area contributed by atoms with Crippen molar-refractivity contribution in [3.8, 4) is 0 Å². The monoisotopic (exact) mass is 574 g/mol. The molecular weight excluding hydrogens is 523 g/mol. The lowest BCUT2D eigenvalue weighted by Gasteiger charge is -2.37. The van der Waals surface area contributed by atoms with Crippen LogP contribution in [0.5, 0.6) is 0 Å². The summed E-state index contributed by atoms with van der Waals surface area (Å²) >= 11 is 0. The maximum atomic E-state index is 14.7. The molecule has 0 radical (unpaired) electrons. The molecule has 3 aliphatic rings. The summed E-state index contributed by atoms with van der Waals surface area (Å²) in [6.45, 7) is 4.76. The standard InChI is InChI=1S/C34H51FO6/c1-3-5-33(36)40-29-16-18-30(19-17-29)41-39-23-26-11-20-31(32(35)22-26)34(37)38-21-4-6-25-9-14-28(15-10-25)27-12-7-24(2)8-13-27/h11,20,22,24-25,27-30H,3-10,12-19,21,23H2,1-2H3. The first kappa shape index (κ1) is 31.9. The SMILES string of the molecule is CCCC(=O)OC1CCC(OOCc2ccc(C(=O)OCCCC3CCC(C4CCC(C)CC4)CC3)c(F)c2)CC1. The van der Waals surface area contributed by atoms with Gasteiger partial charge in [0.25, 0.3) is 0 Å². The van der Waals surface area contributed by atoms with Crippen LogP contribution in [-0.4, -0.2) is 30.8 Å². The van der Waals surface area contributed by atoms with Gasteiger partial charge in [0.05, 0.1) is 18.3 Å². The second-order valence-electron chi connectivity index (χ2n) is 12.9. The molecule has 0 unspecified atom stereocenters. The molecule has 3 aliphatic carbocycles. The van der Waals surface area contributed by atoms with E-state index in [4.69, 9.17) is 19.2 Å². The normalized spacial score (nSPS) is 28.7. The molecule has 0 saturated heterocycles. The summed E-state index contributed by atoms with van der Waals surface area (Å²) < 4.78 is 25.5. The molecule has 7 heteroatoms. The Kier molecular flexibility index (Phi) is 12.9. The van der Waals surface area contributed by atoms with Crippen LogP contribution < -0.4 is 0 Å². The first-order valence-corrected chi connectivity index (χ1v) is 16.3. The minimum absolute atomic E-state index is 0.0482. The molecule has 230 valence electrons. The quantitative estimate of drug-likeness (QED) is 0.102. The fraction of sp³-hybridized carbons (Fsp3) is 0.765. The summed E-state index contributed by atoms with van der Waals surface area (Å²) in [6.07, 6.45) is 16.9. The van der Waals surface area contributed by atoms with Gasteiger partial charge in [-0.25, -0.2) is 19.0 Å². The third kappa shape index (κ3) is 10.3. The Labute approximate surface area is 246 Å². The number of benzene rings is 1. The van der Waals surface area contributed by atoms with Crippen molar-refractivity contribution >= 4 is 11.9 Å². The van der Waals surface area contributed by atoms with Crippen LogP contribution in [0.25, 0.3) is 0 Å². The number of carbonyl (C=O) groups is 2. The van der Waals surface area contributed by atoms with Crippen LogP contribution in [-0.2, 0) is 30.7 Å². The molecule has 0 amide bonds. The highest BCUT2D eigenvalue weighted by atomic mass is 19.1. The Balaban J connectivity index is 1.07. The summed E-state index contributed by atoms with van der Waals surface area (Å²) in [7, 11) is 0. The second-order valence-corrected chi connectivity index (χ2v) is 12.9. The topological polar surface area (TPSA) is 71.1 Å². The van der Waals surface area contributed by atoms with E-state index in [2.05, 4.69) is 6.92 Å². The van der Waals surface area contributed by atoms with Gasteiger partial charge in [-0.1, -0.05) is 45.6 Å². The minimum Gasteiger partial charge on any atom is -0.462 e. The van der Waals surface area contributed by atoms with Gasteiger partial charge < -0.3 is 9.47 Å². The van der Waals surface area contributed by atoms with Gasteiger partial charge in [0, 0.05) is 6.42 Å². The summed E-state index contributed by atoms with van der Waals surface area (Å²) in [6, 6.07) is 4.42. The van der Waals surface area contributed by atoms with Crippen molar-refractivity contribution < 1.29 is 33.2 Å². The number of esters is 2. The predicted octanol–water partition coefficient (Wildman–Crippen LogP) is 8.50. The van der Waals surface area contributed by atoms with Crippen LogP contribution >= 0.6 is 0 Å². The number of carbonyl (C=O) groups excluding carboxylic acids is 2. The molecule has 0 spiro atoms. The van der Waals surface area contributed by atoms with Crippen LogP contribution in [0.4, 0.5) is 4.39 Å². The zero-order valence-corrected chi connectivity index (χ0v) is 25.3. The minimum atomic E-state index is -0.613. The van der Waals surface area contributed by atoms with Gasteiger partial charge >= 0.3 is 11.9 Å². The van der Waals surface area contributed by atoms with Crippen LogP contribution in [0.1, 0.15) is 133 Å². The molecule has 0 heterocycles. The van der Waals surface area contributed by atoms with Crippen LogP contribution in [0.2, 0.25) is 0 Å². The summed E-state index contributed by atoms with van der Waals surface area (Å²) in [5.41, 5.74) is 0.535. The molecule has 1 aromatic carbocycles. The predicted molar refractivity (Wildman–Crippen MR) is 155 cm³/mol. The van der Waals surface area contributed by atoms with Gasteiger partial charge in [-0.15, -0.1) is 0 Å². The van der Waals surface area contributed by atoms with Crippen molar-refractivity contribution in [2.24, 2.45) is 23.7 Å². The Morgan fingerprint density at radius 2 is 1.54 bits per heavy atom.